The summed E-state index contributed by atoms with van der Waals surface area (Å²) in [5, 5.41) is 4.97. The van der Waals surface area contributed by atoms with E-state index in [1.54, 1.807) is 11.8 Å². The summed E-state index contributed by atoms with van der Waals surface area (Å²) in [7, 11) is 0. The van der Waals surface area contributed by atoms with Gasteiger partial charge in [0.25, 0.3) is 5.91 Å². The summed E-state index contributed by atoms with van der Waals surface area (Å²) in [4.78, 5) is 32.0. The molecule has 1 saturated heterocycles. The van der Waals surface area contributed by atoms with E-state index in [0.717, 1.165) is 20.4 Å². The number of para-hydroxylation sites is 1. The highest BCUT2D eigenvalue weighted by Crippen LogP contribution is 2.33. The van der Waals surface area contributed by atoms with Gasteiger partial charge in [0.1, 0.15) is 0 Å². The molecule has 0 atom stereocenters. The Morgan fingerprint density at radius 3 is 2.37 bits per heavy atom. The van der Waals surface area contributed by atoms with Gasteiger partial charge < -0.3 is 10.2 Å². The first-order valence-corrected chi connectivity index (χ1v) is 11.6. The number of hydrogen-bond donors (Lipinski definition) is 1. The van der Waals surface area contributed by atoms with Crippen LogP contribution in [0.3, 0.4) is 0 Å². The fourth-order valence-corrected chi connectivity index (χ4v) is 4.95. The van der Waals surface area contributed by atoms with Crippen molar-refractivity contribution in [3.63, 3.8) is 0 Å². The SMILES string of the molecule is O=C(CN1CCN(C(=O)c2cccs2)CC1)Nc1ccccc1Sc1ccccc1. The van der Waals surface area contributed by atoms with E-state index in [-0.39, 0.29) is 11.8 Å². The van der Waals surface area contributed by atoms with E-state index < -0.39 is 0 Å². The highest BCUT2D eigenvalue weighted by Gasteiger charge is 2.24. The van der Waals surface area contributed by atoms with Gasteiger partial charge in [-0.3, -0.25) is 14.5 Å². The Bertz CT molecular complexity index is 985. The molecular weight excluding hydrogens is 414 g/mol. The lowest BCUT2D eigenvalue weighted by molar-refractivity contribution is -0.117. The number of thiophene rings is 1. The lowest BCUT2D eigenvalue weighted by atomic mass is 10.2. The molecule has 0 saturated carbocycles. The van der Waals surface area contributed by atoms with Crippen molar-refractivity contribution < 1.29 is 9.59 Å². The van der Waals surface area contributed by atoms with Gasteiger partial charge >= 0.3 is 0 Å². The number of carbonyl (C=O) groups is 2. The number of piperazine rings is 1. The zero-order chi connectivity index (χ0) is 20.8. The Labute approximate surface area is 184 Å². The molecule has 0 unspecified atom stereocenters. The van der Waals surface area contributed by atoms with Crippen LogP contribution in [0.5, 0.6) is 0 Å². The molecule has 0 aliphatic carbocycles. The zero-order valence-electron chi connectivity index (χ0n) is 16.5. The van der Waals surface area contributed by atoms with Gasteiger partial charge in [-0.05, 0) is 35.7 Å². The maximum atomic E-state index is 12.6. The minimum Gasteiger partial charge on any atom is -0.335 e. The zero-order valence-corrected chi connectivity index (χ0v) is 18.1. The molecule has 2 amide bonds. The second-order valence-corrected chi connectivity index (χ2v) is 9.07. The molecule has 2 aromatic carbocycles. The quantitative estimate of drug-likeness (QED) is 0.625. The molecule has 0 bridgehead atoms. The molecular formula is C23H23N3O2S2. The second kappa shape index (κ2) is 9.93. The van der Waals surface area contributed by atoms with Crippen molar-refractivity contribution in [2.24, 2.45) is 0 Å². The first-order chi connectivity index (χ1) is 14.7. The summed E-state index contributed by atoms with van der Waals surface area (Å²) in [6.07, 6.45) is 0. The van der Waals surface area contributed by atoms with Crippen molar-refractivity contribution in [2.45, 2.75) is 9.79 Å². The fraction of sp³-hybridized carbons (Fsp3) is 0.217. The molecule has 1 fully saturated rings. The lowest BCUT2D eigenvalue weighted by Crippen LogP contribution is -2.50. The number of benzene rings is 2. The van der Waals surface area contributed by atoms with Crippen LogP contribution in [0.2, 0.25) is 0 Å². The number of rotatable bonds is 6. The average Bonchev–Trinajstić information content (AvgIpc) is 3.31. The minimum absolute atomic E-state index is 0.0332. The van der Waals surface area contributed by atoms with Crippen LogP contribution in [-0.4, -0.2) is 54.3 Å². The van der Waals surface area contributed by atoms with Crippen molar-refractivity contribution in [2.75, 3.05) is 38.0 Å². The van der Waals surface area contributed by atoms with E-state index in [0.29, 0.717) is 32.7 Å². The molecule has 154 valence electrons. The molecule has 1 aliphatic rings. The standard InChI is InChI=1S/C23H23N3O2S2/c27-22(17-25-12-14-26(15-13-25)23(28)21-11-6-16-29-21)24-19-9-4-5-10-20(19)30-18-7-2-1-3-8-18/h1-11,16H,12-15,17H2,(H,24,27). The first kappa shape index (κ1) is 20.7. The van der Waals surface area contributed by atoms with E-state index in [9.17, 15) is 9.59 Å². The van der Waals surface area contributed by atoms with Gasteiger partial charge in [-0.25, -0.2) is 0 Å². The monoisotopic (exact) mass is 437 g/mol. The van der Waals surface area contributed by atoms with Crippen LogP contribution >= 0.6 is 23.1 Å². The summed E-state index contributed by atoms with van der Waals surface area (Å²) in [6, 6.07) is 21.7. The number of nitrogens with zero attached hydrogens (tertiary/aromatic N) is 2. The molecule has 1 N–H and O–H groups in total. The van der Waals surface area contributed by atoms with Gasteiger partial charge in [-0.2, -0.15) is 0 Å². The maximum Gasteiger partial charge on any atom is 0.264 e. The van der Waals surface area contributed by atoms with Crippen molar-refractivity contribution in [1.82, 2.24) is 9.80 Å². The fourth-order valence-electron chi connectivity index (χ4n) is 3.33. The van der Waals surface area contributed by atoms with Crippen LogP contribution in [0, 0.1) is 0 Å². The van der Waals surface area contributed by atoms with Crippen molar-refractivity contribution in [3.05, 3.63) is 77.0 Å². The Morgan fingerprint density at radius 2 is 1.63 bits per heavy atom. The van der Waals surface area contributed by atoms with Gasteiger partial charge in [-0.1, -0.05) is 48.2 Å². The number of hydrogen-bond acceptors (Lipinski definition) is 5. The molecule has 0 radical (unpaired) electrons. The molecule has 1 aromatic heterocycles. The lowest BCUT2D eigenvalue weighted by Gasteiger charge is -2.34. The van der Waals surface area contributed by atoms with Crippen LogP contribution in [0.25, 0.3) is 0 Å². The van der Waals surface area contributed by atoms with Crippen molar-refractivity contribution in [1.29, 1.82) is 0 Å². The third-order valence-corrected chi connectivity index (χ3v) is 6.83. The van der Waals surface area contributed by atoms with Crippen molar-refractivity contribution >= 4 is 40.6 Å². The van der Waals surface area contributed by atoms with Crippen LogP contribution in [-0.2, 0) is 4.79 Å². The largest absolute Gasteiger partial charge is 0.335 e. The first-order valence-electron chi connectivity index (χ1n) is 9.86. The van der Waals surface area contributed by atoms with Gasteiger partial charge in [0.2, 0.25) is 5.91 Å². The van der Waals surface area contributed by atoms with Crippen LogP contribution < -0.4 is 5.32 Å². The van der Waals surface area contributed by atoms with E-state index >= 15 is 0 Å². The molecule has 30 heavy (non-hydrogen) atoms. The number of carbonyl (C=O) groups excluding carboxylic acids is 2. The van der Waals surface area contributed by atoms with Crippen LogP contribution in [0.1, 0.15) is 9.67 Å². The molecule has 2 heterocycles. The molecule has 7 heteroatoms. The van der Waals surface area contributed by atoms with E-state index in [2.05, 4.69) is 22.3 Å². The van der Waals surface area contributed by atoms with Crippen molar-refractivity contribution in [3.8, 4) is 0 Å². The van der Waals surface area contributed by atoms with E-state index in [1.807, 2.05) is 64.9 Å². The third kappa shape index (κ3) is 5.30. The summed E-state index contributed by atoms with van der Waals surface area (Å²) >= 11 is 3.10. The van der Waals surface area contributed by atoms with Gasteiger partial charge in [-0.15, -0.1) is 11.3 Å². The summed E-state index contributed by atoms with van der Waals surface area (Å²) in [5.74, 6) is 0.0510. The number of nitrogens with one attached hydrogen (secondary N) is 1. The number of anilines is 1. The highest BCUT2D eigenvalue weighted by molar-refractivity contribution is 7.99. The van der Waals surface area contributed by atoms with Gasteiger partial charge in [0.15, 0.2) is 0 Å². The average molecular weight is 438 g/mol. The second-order valence-electron chi connectivity index (χ2n) is 7.01. The van der Waals surface area contributed by atoms with Gasteiger partial charge in [0.05, 0.1) is 17.1 Å². The minimum atomic E-state index is -0.0332. The van der Waals surface area contributed by atoms with E-state index in [1.165, 1.54) is 11.3 Å². The number of amides is 2. The highest BCUT2D eigenvalue weighted by atomic mass is 32.2. The molecule has 4 rings (SSSR count). The maximum absolute atomic E-state index is 12.6. The van der Waals surface area contributed by atoms with Crippen LogP contribution in [0.15, 0.2) is 81.9 Å². The third-order valence-electron chi connectivity index (χ3n) is 4.89. The summed E-state index contributed by atoms with van der Waals surface area (Å²) in [6.45, 7) is 3.01. The normalized spacial score (nSPS) is 14.5. The smallest absolute Gasteiger partial charge is 0.264 e. The molecule has 1 aliphatic heterocycles. The summed E-state index contributed by atoms with van der Waals surface area (Å²) < 4.78 is 0. The molecule has 5 nitrogen and oxygen atoms in total. The topological polar surface area (TPSA) is 52.7 Å². The molecule has 0 spiro atoms. The van der Waals surface area contributed by atoms with E-state index in [4.69, 9.17) is 0 Å². The predicted octanol–water partition coefficient (Wildman–Crippen LogP) is 4.30. The van der Waals surface area contributed by atoms with Gasteiger partial charge in [0, 0.05) is 36.0 Å². The Hall–Kier alpha value is -2.61. The summed E-state index contributed by atoms with van der Waals surface area (Å²) in [5.41, 5.74) is 0.822. The Balaban J connectivity index is 1.30. The Kier molecular flexibility index (Phi) is 6.84. The Morgan fingerprint density at radius 1 is 0.900 bits per heavy atom. The molecule has 3 aromatic rings. The predicted molar refractivity (Wildman–Crippen MR) is 122 cm³/mol. The van der Waals surface area contributed by atoms with Crippen LogP contribution in [0.4, 0.5) is 5.69 Å².